The van der Waals surface area contributed by atoms with Crippen LogP contribution in [0.3, 0.4) is 0 Å². The lowest BCUT2D eigenvalue weighted by atomic mass is 10.1. The lowest BCUT2D eigenvalue weighted by Crippen LogP contribution is -2.13. The number of amides is 2. The van der Waals surface area contributed by atoms with Crippen LogP contribution in [0.2, 0.25) is 0 Å². The molecule has 1 aromatic heterocycles. The maximum atomic E-state index is 12.4. The van der Waals surface area contributed by atoms with Crippen LogP contribution in [-0.2, 0) is 9.59 Å². The molecule has 0 aliphatic carbocycles. The third kappa shape index (κ3) is 7.05. The van der Waals surface area contributed by atoms with Crippen LogP contribution in [0.15, 0.2) is 95.2 Å². The number of carbonyl (C=O) groups is 2. The Kier molecular flexibility index (Phi) is 8.32. The van der Waals surface area contributed by atoms with Gasteiger partial charge in [0.15, 0.2) is 5.13 Å². The number of hydrogen-bond donors (Lipinski definition) is 2. The Morgan fingerprint density at radius 1 is 0.971 bits per heavy atom. The molecule has 0 radical (unpaired) electrons. The third-order valence-electron chi connectivity index (χ3n) is 4.85. The molecule has 4 aromatic rings. The fourth-order valence-electron chi connectivity index (χ4n) is 3.17. The van der Waals surface area contributed by atoms with Crippen molar-refractivity contribution < 1.29 is 14.3 Å². The van der Waals surface area contributed by atoms with Crippen molar-refractivity contribution in [1.82, 2.24) is 4.98 Å². The molecule has 6 nitrogen and oxygen atoms in total. The van der Waals surface area contributed by atoms with Gasteiger partial charge in [0.1, 0.15) is 5.75 Å². The Morgan fingerprint density at radius 3 is 2.49 bits per heavy atom. The van der Waals surface area contributed by atoms with Gasteiger partial charge in [-0.2, -0.15) is 0 Å². The molecule has 0 atom stereocenters. The SMILES string of the molecule is COc1ccccc1-c1csc(NC(=O)CSc2ccc(NC(=O)/C=C/c3ccccc3)cc2)n1. The molecule has 0 saturated carbocycles. The molecule has 2 N–H and O–H groups in total. The number of nitrogens with zero attached hydrogens (tertiary/aromatic N) is 1. The molecule has 3 aromatic carbocycles. The maximum Gasteiger partial charge on any atom is 0.248 e. The van der Waals surface area contributed by atoms with Gasteiger partial charge in [0.05, 0.1) is 18.6 Å². The molecule has 0 bridgehead atoms. The van der Waals surface area contributed by atoms with E-state index >= 15 is 0 Å². The minimum Gasteiger partial charge on any atom is -0.496 e. The van der Waals surface area contributed by atoms with Gasteiger partial charge in [-0.05, 0) is 48.0 Å². The zero-order chi connectivity index (χ0) is 24.5. The van der Waals surface area contributed by atoms with Crippen molar-refractivity contribution in [2.75, 3.05) is 23.5 Å². The number of anilines is 2. The van der Waals surface area contributed by atoms with Crippen molar-refractivity contribution in [3.05, 3.63) is 95.9 Å². The van der Waals surface area contributed by atoms with E-state index in [2.05, 4.69) is 15.6 Å². The summed E-state index contributed by atoms with van der Waals surface area (Å²) < 4.78 is 5.39. The quantitative estimate of drug-likeness (QED) is 0.211. The fourth-order valence-corrected chi connectivity index (χ4v) is 4.60. The smallest absolute Gasteiger partial charge is 0.248 e. The largest absolute Gasteiger partial charge is 0.496 e. The monoisotopic (exact) mass is 501 g/mol. The molecule has 0 aliphatic heterocycles. The van der Waals surface area contributed by atoms with Gasteiger partial charge in [0.2, 0.25) is 11.8 Å². The summed E-state index contributed by atoms with van der Waals surface area (Å²) in [5, 5.41) is 8.11. The van der Waals surface area contributed by atoms with Crippen molar-refractivity contribution in [3.63, 3.8) is 0 Å². The number of thiazole rings is 1. The lowest BCUT2D eigenvalue weighted by Gasteiger charge is -2.06. The van der Waals surface area contributed by atoms with E-state index in [9.17, 15) is 9.59 Å². The molecule has 35 heavy (non-hydrogen) atoms. The number of carbonyl (C=O) groups excluding carboxylic acids is 2. The van der Waals surface area contributed by atoms with E-state index in [4.69, 9.17) is 4.74 Å². The van der Waals surface area contributed by atoms with Gasteiger partial charge >= 0.3 is 0 Å². The first-order valence-corrected chi connectivity index (χ1v) is 12.6. The van der Waals surface area contributed by atoms with Crippen molar-refractivity contribution >= 4 is 51.8 Å². The summed E-state index contributed by atoms with van der Waals surface area (Å²) in [6, 6.07) is 24.6. The third-order valence-corrected chi connectivity index (χ3v) is 6.62. The normalized spacial score (nSPS) is 10.8. The second kappa shape index (κ2) is 12.0. The molecule has 0 unspecified atom stereocenters. The number of ether oxygens (including phenoxy) is 1. The highest BCUT2D eigenvalue weighted by atomic mass is 32.2. The summed E-state index contributed by atoms with van der Waals surface area (Å²) in [6.45, 7) is 0. The van der Waals surface area contributed by atoms with Crippen molar-refractivity contribution in [1.29, 1.82) is 0 Å². The number of rotatable bonds is 9. The lowest BCUT2D eigenvalue weighted by molar-refractivity contribution is -0.114. The predicted octanol–water partition coefficient (Wildman–Crippen LogP) is 6.20. The van der Waals surface area contributed by atoms with E-state index in [0.29, 0.717) is 10.8 Å². The topological polar surface area (TPSA) is 80.3 Å². The number of thioether (sulfide) groups is 1. The van der Waals surface area contributed by atoms with Crippen molar-refractivity contribution in [2.24, 2.45) is 0 Å². The van der Waals surface area contributed by atoms with Crippen LogP contribution in [0.5, 0.6) is 5.75 Å². The molecule has 4 rings (SSSR count). The van der Waals surface area contributed by atoms with E-state index in [-0.39, 0.29) is 17.6 Å². The average Bonchev–Trinajstić information content (AvgIpc) is 3.36. The van der Waals surface area contributed by atoms with E-state index in [0.717, 1.165) is 27.5 Å². The molecule has 0 spiro atoms. The summed E-state index contributed by atoms with van der Waals surface area (Å²) in [6.07, 6.45) is 3.26. The van der Waals surface area contributed by atoms with Crippen LogP contribution in [-0.4, -0.2) is 29.7 Å². The first-order valence-electron chi connectivity index (χ1n) is 10.8. The Hall–Kier alpha value is -3.88. The second-order valence-corrected chi connectivity index (χ2v) is 9.24. The van der Waals surface area contributed by atoms with Gasteiger partial charge in [0.25, 0.3) is 0 Å². The fraction of sp³-hybridized carbons (Fsp3) is 0.0741. The van der Waals surface area contributed by atoms with Crippen LogP contribution < -0.4 is 15.4 Å². The Balaban J connectivity index is 1.25. The van der Waals surface area contributed by atoms with Gasteiger partial charge in [-0.25, -0.2) is 4.98 Å². The molecule has 8 heteroatoms. The van der Waals surface area contributed by atoms with Crippen LogP contribution in [0, 0.1) is 0 Å². The predicted molar refractivity (Wildman–Crippen MR) is 144 cm³/mol. The van der Waals surface area contributed by atoms with E-state index in [1.54, 1.807) is 13.2 Å². The molecule has 1 heterocycles. The zero-order valence-electron chi connectivity index (χ0n) is 18.9. The summed E-state index contributed by atoms with van der Waals surface area (Å²) in [4.78, 5) is 30.0. The molecule has 0 fully saturated rings. The first-order chi connectivity index (χ1) is 17.1. The van der Waals surface area contributed by atoms with Crippen molar-refractivity contribution in [3.8, 4) is 17.0 Å². The van der Waals surface area contributed by atoms with Crippen LogP contribution in [0.4, 0.5) is 10.8 Å². The summed E-state index contributed by atoms with van der Waals surface area (Å²) in [7, 11) is 1.62. The molecular weight excluding hydrogens is 478 g/mol. The minimum absolute atomic E-state index is 0.139. The number of methoxy groups -OCH3 is 1. The number of benzene rings is 3. The minimum atomic E-state index is -0.204. The average molecular weight is 502 g/mol. The molecular formula is C27H23N3O3S2. The molecule has 0 saturated heterocycles. The zero-order valence-corrected chi connectivity index (χ0v) is 20.6. The molecule has 0 aliphatic rings. The van der Waals surface area contributed by atoms with Crippen molar-refractivity contribution in [2.45, 2.75) is 4.90 Å². The van der Waals surface area contributed by atoms with Gasteiger partial charge < -0.3 is 15.4 Å². The van der Waals surface area contributed by atoms with Gasteiger partial charge in [0, 0.05) is 27.6 Å². The standard InChI is InChI=1S/C27H23N3O3S2/c1-33-24-10-6-5-9-22(24)23-17-35-27(29-23)30-26(32)18-34-21-14-12-20(13-15-21)28-25(31)16-11-19-7-3-2-4-8-19/h2-17H,18H2,1H3,(H,28,31)(H,29,30,32)/b16-11+. The van der Waals surface area contributed by atoms with Gasteiger partial charge in [-0.1, -0.05) is 42.5 Å². The molecule has 2 amide bonds. The van der Waals surface area contributed by atoms with E-state index < -0.39 is 0 Å². The first kappa shape index (κ1) is 24.3. The summed E-state index contributed by atoms with van der Waals surface area (Å²) >= 11 is 2.78. The summed E-state index contributed by atoms with van der Waals surface area (Å²) in [5.41, 5.74) is 3.28. The highest BCUT2D eigenvalue weighted by molar-refractivity contribution is 8.00. The van der Waals surface area contributed by atoms with Gasteiger partial charge in [-0.15, -0.1) is 23.1 Å². The number of hydrogen-bond acceptors (Lipinski definition) is 6. The summed E-state index contributed by atoms with van der Waals surface area (Å²) in [5.74, 6) is 0.636. The number of aromatic nitrogens is 1. The Bertz CT molecular complexity index is 1320. The van der Waals surface area contributed by atoms with Crippen LogP contribution in [0.25, 0.3) is 17.3 Å². The maximum absolute atomic E-state index is 12.4. The van der Waals surface area contributed by atoms with Crippen LogP contribution >= 0.6 is 23.1 Å². The van der Waals surface area contributed by atoms with Gasteiger partial charge in [-0.3, -0.25) is 9.59 Å². The van der Waals surface area contributed by atoms with Crippen LogP contribution in [0.1, 0.15) is 5.56 Å². The highest BCUT2D eigenvalue weighted by Gasteiger charge is 2.11. The molecule has 176 valence electrons. The van der Waals surface area contributed by atoms with E-state index in [1.807, 2.05) is 84.2 Å². The Morgan fingerprint density at radius 2 is 1.71 bits per heavy atom. The second-order valence-electron chi connectivity index (χ2n) is 7.33. The Labute approximate surface area is 212 Å². The number of nitrogens with one attached hydrogen (secondary N) is 2. The highest BCUT2D eigenvalue weighted by Crippen LogP contribution is 2.32. The number of para-hydroxylation sites is 1. The van der Waals surface area contributed by atoms with E-state index in [1.165, 1.54) is 29.2 Å².